The molecule has 0 saturated carbocycles. The number of rotatable bonds is 11. The number of hydrogen-bond acceptors (Lipinski definition) is 6. The van der Waals surface area contributed by atoms with Crippen molar-refractivity contribution < 1.29 is 27.9 Å². The average Bonchev–Trinajstić information content (AvgIpc) is 3.62. The number of nitrogens with zero attached hydrogens (tertiary/aromatic N) is 2. The molecule has 5 rings (SSSR count). The lowest BCUT2D eigenvalue weighted by Gasteiger charge is -2.11. The fourth-order valence-electron chi connectivity index (χ4n) is 4.41. The minimum Gasteiger partial charge on any atom is -0.486 e. The zero-order chi connectivity index (χ0) is 31.9. The van der Waals surface area contributed by atoms with Crippen molar-refractivity contribution in [2.75, 3.05) is 11.9 Å². The molecule has 0 fully saturated rings. The molecule has 230 valence electrons. The molecular weight excluding hydrogens is 805 g/mol. The quantitative estimate of drug-likeness (QED) is 0.0821. The molecule has 0 unspecified atom stereocenters. The number of hydrazone groups is 1. The Morgan fingerprint density at radius 3 is 2.33 bits per heavy atom. The first-order valence-corrected chi connectivity index (χ1v) is 15.8. The highest BCUT2D eigenvalue weighted by atomic mass is 127. The van der Waals surface area contributed by atoms with Crippen LogP contribution >= 0.6 is 45.2 Å². The van der Waals surface area contributed by atoms with Gasteiger partial charge in [-0.1, -0.05) is 6.07 Å². The highest BCUT2D eigenvalue weighted by Crippen LogP contribution is 2.29. The average molecular weight is 832 g/mol. The Bertz CT molecular complexity index is 1820. The summed E-state index contributed by atoms with van der Waals surface area (Å²) in [6.45, 7) is 4.04. The lowest BCUT2D eigenvalue weighted by Crippen LogP contribution is -2.20. The molecule has 0 radical (unpaired) electrons. The highest BCUT2D eigenvalue weighted by molar-refractivity contribution is 14.1. The maximum absolute atomic E-state index is 13.3. The van der Waals surface area contributed by atoms with Crippen molar-refractivity contribution in [2.45, 2.75) is 20.5 Å². The third-order valence-electron chi connectivity index (χ3n) is 6.49. The molecule has 3 aromatic carbocycles. The Hall–Kier alpha value is -4.18. The summed E-state index contributed by atoms with van der Waals surface area (Å²) in [6, 6.07) is 24.4. The van der Waals surface area contributed by atoms with Gasteiger partial charge in [0.2, 0.25) is 0 Å². The van der Waals surface area contributed by atoms with E-state index in [4.69, 9.17) is 13.9 Å². The van der Waals surface area contributed by atoms with Crippen LogP contribution in [0.5, 0.6) is 11.5 Å². The number of furan rings is 1. The summed E-state index contributed by atoms with van der Waals surface area (Å²) in [7, 11) is 0. The maximum atomic E-state index is 13.3. The molecule has 2 aromatic heterocycles. The smallest absolute Gasteiger partial charge is 0.307 e. The molecule has 0 bridgehead atoms. The van der Waals surface area contributed by atoms with Gasteiger partial charge in [0.05, 0.1) is 13.4 Å². The van der Waals surface area contributed by atoms with Crippen molar-refractivity contribution in [2.24, 2.45) is 5.10 Å². The van der Waals surface area contributed by atoms with E-state index in [9.17, 15) is 14.0 Å². The van der Waals surface area contributed by atoms with E-state index >= 15 is 0 Å². The Kier molecular flexibility index (Phi) is 10.5. The number of carbonyl (C=O) groups is 2. The molecule has 9 nitrogen and oxygen atoms in total. The summed E-state index contributed by atoms with van der Waals surface area (Å²) >= 11 is 4.19. The van der Waals surface area contributed by atoms with Gasteiger partial charge in [-0.15, -0.1) is 0 Å². The minimum absolute atomic E-state index is 0.101. The van der Waals surface area contributed by atoms with Gasteiger partial charge in [-0.2, -0.15) is 5.10 Å². The predicted octanol–water partition coefficient (Wildman–Crippen LogP) is 7.40. The van der Waals surface area contributed by atoms with Crippen LogP contribution in [0, 0.1) is 26.8 Å². The van der Waals surface area contributed by atoms with Crippen LogP contribution in [-0.4, -0.2) is 29.2 Å². The van der Waals surface area contributed by atoms with Crippen LogP contribution in [0.1, 0.15) is 33.3 Å². The summed E-state index contributed by atoms with van der Waals surface area (Å²) in [4.78, 5) is 24.8. The molecular formula is C33H27FI2N4O5. The number of anilines is 1. The van der Waals surface area contributed by atoms with Crippen LogP contribution < -0.4 is 20.2 Å². The second-order valence-corrected chi connectivity index (χ2v) is 12.2. The third-order valence-corrected chi connectivity index (χ3v) is 8.09. The zero-order valence-electron chi connectivity index (χ0n) is 24.1. The normalized spacial score (nSPS) is 11.0. The van der Waals surface area contributed by atoms with Gasteiger partial charge in [-0.05, 0) is 143 Å². The van der Waals surface area contributed by atoms with Crippen LogP contribution in [-0.2, 0) is 11.4 Å². The summed E-state index contributed by atoms with van der Waals surface area (Å²) in [6.07, 6.45) is 1.50. The molecule has 2 amide bonds. The van der Waals surface area contributed by atoms with Crippen LogP contribution in [0.4, 0.5) is 10.1 Å². The fourth-order valence-corrected chi connectivity index (χ4v) is 6.54. The first-order valence-electron chi connectivity index (χ1n) is 13.6. The topological polar surface area (TPSA) is 107 Å². The maximum Gasteiger partial charge on any atom is 0.307 e. The van der Waals surface area contributed by atoms with E-state index in [1.165, 1.54) is 24.4 Å². The number of amides is 2. The van der Waals surface area contributed by atoms with E-state index in [2.05, 4.69) is 91.6 Å². The molecule has 2 heterocycles. The van der Waals surface area contributed by atoms with Gasteiger partial charge in [0.15, 0.2) is 12.4 Å². The molecule has 0 atom stereocenters. The molecule has 2 N–H and O–H groups in total. The molecule has 0 spiro atoms. The molecule has 45 heavy (non-hydrogen) atoms. The van der Waals surface area contributed by atoms with E-state index in [0.717, 1.165) is 24.2 Å². The first kappa shape index (κ1) is 32.2. The van der Waals surface area contributed by atoms with Gasteiger partial charge in [-0.3, -0.25) is 9.59 Å². The molecule has 5 aromatic rings. The van der Waals surface area contributed by atoms with Gasteiger partial charge < -0.3 is 23.8 Å². The molecule has 0 saturated heterocycles. The lowest BCUT2D eigenvalue weighted by molar-refractivity contribution is -0.118. The number of halogens is 3. The van der Waals surface area contributed by atoms with Crippen molar-refractivity contribution in [3.05, 3.63) is 126 Å². The molecule has 0 aliphatic heterocycles. The van der Waals surface area contributed by atoms with Gasteiger partial charge in [0, 0.05) is 22.8 Å². The van der Waals surface area contributed by atoms with E-state index in [1.54, 1.807) is 30.3 Å². The standard InChI is InChI=1S/C33H27FI2N4O5/c1-20-6-7-21(2)40(20)25-8-10-26(11-9-25)43-18-27-12-13-30(45-27)33(42)39-37-17-22-14-28(35)32(29(36)15-22)44-19-31(41)38-24-5-3-4-23(34)16-24/h3-17H,18-19H2,1-2H3,(H,38,41)(H,39,42)/b37-17+. The van der Waals surface area contributed by atoms with Crippen molar-refractivity contribution in [1.82, 2.24) is 9.99 Å². The number of hydrogen-bond donors (Lipinski definition) is 2. The van der Waals surface area contributed by atoms with Crippen LogP contribution in [0.15, 0.2) is 94.4 Å². The van der Waals surface area contributed by atoms with Crippen molar-refractivity contribution in [3.8, 4) is 17.2 Å². The van der Waals surface area contributed by atoms with Gasteiger partial charge in [0.25, 0.3) is 5.91 Å². The zero-order valence-corrected chi connectivity index (χ0v) is 28.5. The SMILES string of the molecule is Cc1ccc(C)n1-c1ccc(OCc2ccc(C(=O)N/N=C/c3cc(I)c(OCC(=O)Nc4cccc(F)c4)c(I)c3)o2)cc1. The summed E-state index contributed by atoms with van der Waals surface area (Å²) in [5, 5.41) is 6.64. The largest absolute Gasteiger partial charge is 0.486 e. The van der Waals surface area contributed by atoms with Crippen molar-refractivity contribution in [3.63, 3.8) is 0 Å². The van der Waals surface area contributed by atoms with Crippen molar-refractivity contribution in [1.29, 1.82) is 0 Å². The fraction of sp³-hybridized carbons (Fsp3) is 0.121. The van der Waals surface area contributed by atoms with Crippen LogP contribution in [0.3, 0.4) is 0 Å². The number of aryl methyl sites for hydroxylation is 2. The summed E-state index contributed by atoms with van der Waals surface area (Å²) in [5.74, 6) is 0.439. The van der Waals surface area contributed by atoms with Gasteiger partial charge in [0.1, 0.15) is 29.7 Å². The molecule has 0 aliphatic carbocycles. The van der Waals surface area contributed by atoms with Crippen LogP contribution in [0.2, 0.25) is 0 Å². The Morgan fingerprint density at radius 1 is 0.933 bits per heavy atom. The molecule has 0 aliphatic rings. The Morgan fingerprint density at radius 2 is 1.64 bits per heavy atom. The van der Waals surface area contributed by atoms with E-state index in [0.29, 0.717) is 28.5 Å². The van der Waals surface area contributed by atoms with Crippen LogP contribution in [0.25, 0.3) is 5.69 Å². The number of carbonyl (C=O) groups excluding carboxylic acids is 2. The second kappa shape index (κ2) is 14.7. The number of benzene rings is 3. The Balaban J connectivity index is 1.10. The third kappa shape index (κ3) is 8.51. The predicted molar refractivity (Wildman–Crippen MR) is 186 cm³/mol. The number of nitrogens with one attached hydrogen (secondary N) is 2. The Labute approximate surface area is 286 Å². The van der Waals surface area contributed by atoms with Gasteiger partial charge in [-0.25, -0.2) is 9.82 Å². The van der Waals surface area contributed by atoms with Crippen molar-refractivity contribution >= 4 is 68.9 Å². The monoisotopic (exact) mass is 832 g/mol. The number of ether oxygens (including phenoxy) is 2. The number of aromatic nitrogens is 1. The summed E-state index contributed by atoms with van der Waals surface area (Å²) in [5.41, 5.74) is 6.88. The van der Waals surface area contributed by atoms with E-state index < -0.39 is 17.6 Å². The highest BCUT2D eigenvalue weighted by Gasteiger charge is 2.13. The second-order valence-electron chi connectivity index (χ2n) is 9.86. The first-order chi connectivity index (χ1) is 21.7. The summed E-state index contributed by atoms with van der Waals surface area (Å²) < 4.78 is 34.2. The van der Waals surface area contributed by atoms with E-state index in [1.807, 2.05) is 24.3 Å². The minimum atomic E-state index is -0.507. The lowest BCUT2D eigenvalue weighted by atomic mass is 10.2. The van der Waals surface area contributed by atoms with Gasteiger partial charge >= 0.3 is 5.91 Å². The molecule has 12 heteroatoms. The van der Waals surface area contributed by atoms with E-state index in [-0.39, 0.29) is 19.0 Å².